The Hall–Kier alpha value is -1.54. The monoisotopic (exact) mass is 552 g/mol. The van der Waals surface area contributed by atoms with Gasteiger partial charge in [-0.25, -0.2) is 0 Å². The number of aliphatic hydroxyl groups excluding tert-OH is 6. The van der Waals surface area contributed by atoms with E-state index in [1.807, 2.05) is 0 Å². The number of nitrogens with one attached hydrogen (secondary N) is 2. The molecule has 4 aliphatic rings. The van der Waals surface area contributed by atoms with Crippen LogP contribution in [-0.4, -0.2) is 149 Å². The zero-order chi connectivity index (χ0) is 27.7. The minimum absolute atomic E-state index is 0.167. The number of methoxy groups -OCH3 is 1. The first kappa shape index (κ1) is 29.4. The molecule has 0 saturated carbocycles. The molecule has 4 fully saturated rings. The van der Waals surface area contributed by atoms with Crippen molar-refractivity contribution in [2.75, 3.05) is 20.3 Å². The molecule has 16 heteroatoms. The third-order valence-electron chi connectivity index (χ3n) is 7.16. The Morgan fingerprint density at radius 2 is 1.66 bits per heavy atom. The quantitative estimate of drug-likeness (QED) is 0.160. The predicted octanol–water partition coefficient (Wildman–Crippen LogP) is -5.21. The number of rotatable bonds is 2. The smallest absolute Gasteiger partial charge is 0.252 e. The third-order valence-corrected chi connectivity index (χ3v) is 7.16. The molecular weight excluding hydrogens is 516 g/mol. The van der Waals surface area contributed by atoms with Crippen molar-refractivity contribution >= 4 is 11.8 Å². The second-order valence-electron chi connectivity index (χ2n) is 9.76. The molecule has 0 aromatic carbocycles. The van der Waals surface area contributed by atoms with Crippen molar-refractivity contribution < 1.29 is 68.6 Å². The summed E-state index contributed by atoms with van der Waals surface area (Å²) < 4.78 is 33.9. The molecule has 0 aliphatic carbocycles. The van der Waals surface area contributed by atoms with Crippen LogP contribution in [0.3, 0.4) is 0 Å². The molecule has 4 aliphatic heterocycles. The fraction of sp³-hybridized carbons (Fsp3) is 0.909. The first-order chi connectivity index (χ1) is 18.0. The highest BCUT2D eigenvalue weighted by molar-refractivity contribution is 5.83. The molecule has 38 heavy (non-hydrogen) atoms. The van der Waals surface area contributed by atoms with E-state index in [4.69, 9.17) is 28.4 Å². The van der Waals surface area contributed by atoms with Crippen LogP contribution in [0.5, 0.6) is 0 Å². The molecule has 0 aromatic heterocycles. The highest BCUT2D eigenvalue weighted by Gasteiger charge is 2.52. The first-order valence-electron chi connectivity index (χ1n) is 12.4. The number of carbonyl (C=O) groups is 2. The molecule has 2 amide bonds. The van der Waals surface area contributed by atoms with E-state index in [0.717, 1.165) is 0 Å². The Morgan fingerprint density at radius 3 is 2.34 bits per heavy atom. The van der Waals surface area contributed by atoms with Crippen molar-refractivity contribution in [3.63, 3.8) is 0 Å². The van der Waals surface area contributed by atoms with Gasteiger partial charge >= 0.3 is 0 Å². The van der Waals surface area contributed by atoms with Crippen LogP contribution in [0.15, 0.2) is 0 Å². The molecule has 0 spiro atoms. The predicted molar refractivity (Wildman–Crippen MR) is 120 cm³/mol. The summed E-state index contributed by atoms with van der Waals surface area (Å²) in [4.78, 5) is 25.4. The maximum atomic E-state index is 12.7. The van der Waals surface area contributed by atoms with Crippen molar-refractivity contribution in [3.05, 3.63) is 0 Å². The third kappa shape index (κ3) is 5.96. The van der Waals surface area contributed by atoms with Crippen LogP contribution in [0, 0.1) is 0 Å². The first-order valence-corrected chi connectivity index (χ1v) is 12.4. The summed E-state index contributed by atoms with van der Waals surface area (Å²) in [5, 5.41) is 67.4. The second kappa shape index (κ2) is 12.3. The molecule has 4 bridgehead atoms. The average Bonchev–Trinajstić information content (AvgIpc) is 2.88. The van der Waals surface area contributed by atoms with Gasteiger partial charge in [0.05, 0.1) is 18.8 Å². The number of aliphatic hydroxyl groups is 6. The average molecular weight is 553 g/mol. The molecule has 4 heterocycles. The van der Waals surface area contributed by atoms with Crippen LogP contribution in [0.2, 0.25) is 0 Å². The van der Waals surface area contributed by atoms with Gasteiger partial charge in [-0.05, 0) is 6.92 Å². The van der Waals surface area contributed by atoms with Gasteiger partial charge in [-0.1, -0.05) is 0 Å². The van der Waals surface area contributed by atoms with Crippen LogP contribution in [-0.2, 0) is 38.0 Å². The van der Waals surface area contributed by atoms with Crippen LogP contribution < -0.4 is 10.6 Å². The number of carbonyl (C=O) groups excluding carboxylic acids is 2. The van der Waals surface area contributed by atoms with Crippen molar-refractivity contribution in [2.45, 2.75) is 106 Å². The lowest BCUT2D eigenvalue weighted by molar-refractivity contribution is -0.344. The molecule has 4 rings (SSSR count). The van der Waals surface area contributed by atoms with Gasteiger partial charge in [-0.3, -0.25) is 9.59 Å². The van der Waals surface area contributed by atoms with E-state index in [1.165, 1.54) is 14.0 Å². The lowest BCUT2D eigenvalue weighted by Crippen LogP contribution is -2.67. The molecule has 8 N–H and O–H groups in total. The fourth-order valence-electron chi connectivity index (χ4n) is 5.00. The maximum absolute atomic E-state index is 12.7. The molecule has 0 unspecified atom stereocenters. The minimum atomic E-state index is -1.81. The van der Waals surface area contributed by atoms with Crippen molar-refractivity contribution in [1.82, 2.24) is 10.6 Å². The number of fused-ring (bicyclic) bond motifs is 5. The van der Waals surface area contributed by atoms with Crippen molar-refractivity contribution in [1.29, 1.82) is 0 Å². The SMILES string of the molecule is CO[C@@H]1O[C@H](CO)[C@@H](O)[C@@H]2O[C@H]3C[C@H](O[C@@H]4O[C@@H](C(=O)NCCC(=O)N[C@@H]12)[C@H](O)[C@@H](O)[C@H]4O)[C@@H](O)[C@H](C)O3. The van der Waals surface area contributed by atoms with E-state index in [-0.39, 0.29) is 19.4 Å². The summed E-state index contributed by atoms with van der Waals surface area (Å²) >= 11 is 0. The van der Waals surface area contributed by atoms with E-state index in [2.05, 4.69) is 10.6 Å². The Morgan fingerprint density at radius 1 is 0.921 bits per heavy atom. The van der Waals surface area contributed by atoms with Gasteiger partial charge in [0.25, 0.3) is 5.91 Å². The summed E-state index contributed by atoms with van der Waals surface area (Å²) in [6.07, 6.45) is -18.3. The molecule has 4 saturated heterocycles. The summed E-state index contributed by atoms with van der Waals surface area (Å²) in [6, 6.07) is -1.07. The normalized spacial score (nSPS) is 48.9. The van der Waals surface area contributed by atoms with Gasteiger partial charge in [0.15, 0.2) is 25.0 Å². The Balaban J connectivity index is 1.64. The van der Waals surface area contributed by atoms with Gasteiger partial charge in [-0.15, -0.1) is 0 Å². The Bertz CT molecular complexity index is 836. The van der Waals surface area contributed by atoms with Gasteiger partial charge in [0.1, 0.15) is 48.8 Å². The molecule has 0 aromatic rings. The van der Waals surface area contributed by atoms with E-state index in [0.29, 0.717) is 0 Å². The van der Waals surface area contributed by atoms with Crippen LogP contribution in [0.4, 0.5) is 0 Å². The standard InChI is InChI=1S/C22H36N2O14/c1-7-13(27)8-5-11(34-7)37-18-12(21(33-2)36-9(6-25)14(18)28)24-10(26)3-4-23-20(32)19-16(30)15(29)17(31)22(35-8)38-19/h7-9,11-19,21-22,25,27-31H,3-6H2,1-2H3,(H,23,32)(H,24,26)/t7-,8-,9+,11-,12+,13-,14+,15+,16+,17+,18+,19+,21+,22+/m0/s1. The highest BCUT2D eigenvalue weighted by atomic mass is 16.7. The molecule has 16 nitrogen and oxygen atoms in total. The van der Waals surface area contributed by atoms with E-state index in [1.54, 1.807) is 0 Å². The largest absolute Gasteiger partial charge is 0.394 e. The van der Waals surface area contributed by atoms with E-state index in [9.17, 15) is 40.2 Å². The van der Waals surface area contributed by atoms with Crippen LogP contribution in [0.25, 0.3) is 0 Å². The van der Waals surface area contributed by atoms with Gasteiger partial charge in [0.2, 0.25) is 5.91 Å². The number of ether oxygens (including phenoxy) is 6. The summed E-state index contributed by atoms with van der Waals surface area (Å²) in [5.41, 5.74) is 0. The topological polar surface area (TPSA) is 235 Å². The van der Waals surface area contributed by atoms with Crippen molar-refractivity contribution in [3.8, 4) is 0 Å². The van der Waals surface area contributed by atoms with Crippen LogP contribution in [0.1, 0.15) is 19.8 Å². The second-order valence-corrected chi connectivity index (χ2v) is 9.76. The van der Waals surface area contributed by atoms with Gasteiger partial charge < -0.3 is 69.7 Å². The summed E-state index contributed by atoms with van der Waals surface area (Å²) in [7, 11) is 1.31. The lowest BCUT2D eigenvalue weighted by atomic mass is 9.95. The molecule has 0 radical (unpaired) electrons. The highest BCUT2D eigenvalue weighted by Crippen LogP contribution is 2.32. The number of hydrogen-bond donors (Lipinski definition) is 8. The zero-order valence-corrected chi connectivity index (χ0v) is 20.9. The number of amides is 2. The maximum Gasteiger partial charge on any atom is 0.252 e. The molecule has 14 atom stereocenters. The van der Waals surface area contributed by atoms with Gasteiger partial charge in [0, 0.05) is 26.5 Å². The van der Waals surface area contributed by atoms with Crippen molar-refractivity contribution in [2.24, 2.45) is 0 Å². The lowest BCUT2D eigenvalue weighted by Gasteiger charge is -2.47. The molecular formula is C22H36N2O14. The zero-order valence-electron chi connectivity index (χ0n) is 20.9. The summed E-state index contributed by atoms with van der Waals surface area (Å²) in [5.74, 6) is -1.45. The number of hydrogen-bond acceptors (Lipinski definition) is 14. The Labute approximate surface area is 217 Å². The molecule has 218 valence electrons. The van der Waals surface area contributed by atoms with E-state index >= 15 is 0 Å². The van der Waals surface area contributed by atoms with E-state index < -0.39 is 104 Å². The minimum Gasteiger partial charge on any atom is -0.394 e. The summed E-state index contributed by atoms with van der Waals surface area (Å²) in [6.45, 7) is 0.743. The Kier molecular flexibility index (Phi) is 9.55. The fourth-order valence-corrected chi connectivity index (χ4v) is 5.00. The van der Waals surface area contributed by atoms with Gasteiger partial charge in [-0.2, -0.15) is 0 Å². The van der Waals surface area contributed by atoms with Crippen LogP contribution >= 0.6 is 0 Å².